The average Bonchev–Trinajstić information content (AvgIpc) is 3.60. The van der Waals surface area contributed by atoms with Crippen molar-refractivity contribution >= 4 is 33.4 Å². The first-order chi connectivity index (χ1) is 17.0. The minimum atomic E-state index is -0.264. The zero-order valence-electron chi connectivity index (χ0n) is 19.5. The molecule has 3 N–H and O–H groups in total. The van der Waals surface area contributed by atoms with Gasteiger partial charge in [-0.2, -0.15) is 15.1 Å². The number of rotatable bonds is 4. The number of nitrogens with two attached hydrogens (primary N) is 1. The molecule has 5 heterocycles. The van der Waals surface area contributed by atoms with Gasteiger partial charge in [-0.15, -0.1) is 0 Å². The van der Waals surface area contributed by atoms with Crippen LogP contribution in [0.25, 0.3) is 27.6 Å². The van der Waals surface area contributed by atoms with E-state index in [4.69, 9.17) is 15.5 Å². The zero-order valence-corrected chi connectivity index (χ0v) is 19.5. The van der Waals surface area contributed by atoms with Crippen molar-refractivity contribution in [2.24, 2.45) is 11.7 Å². The molecule has 9 nitrogen and oxygen atoms in total. The van der Waals surface area contributed by atoms with Crippen molar-refractivity contribution in [2.45, 2.75) is 45.2 Å². The number of aromatic nitrogens is 6. The lowest BCUT2D eigenvalue weighted by Crippen LogP contribution is -2.41. The second kappa shape index (κ2) is 7.35. The lowest BCUT2D eigenvalue weighted by Gasteiger charge is -2.31. The molecule has 0 spiro atoms. The summed E-state index contributed by atoms with van der Waals surface area (Å²) in [4.78, 5) is 19.7. The van der Waals surface area contributed by atoms with Gasteiger partial charge in [-0.05, 0) is 49.8 Å². The third-order valence-electron chi connectivity index (χ3n) is 7.53. The monoisotopic (exact) mass is 472 g/mol. The Labute approximate surface area is 200 Å². The first-order valence-corrected chi connectivity index (χ1v) is 12.0. The molecule has 1 saturated carbocycles. The van der Waals surface area contributed by atoms with Gasteiger partial charge in [-0.3, -0.25) is 0 Å². The van der Waals surface area contributed by atoms with Gasteiger partial charge < -0.3 is 20.4 Å². The molecule has 7 rings (SSSR count). The molecule has 178 valence electrons. The molecule has 5 aromatic rings. The van der Waals surface area contributed by atoms with Crippen LogP contribution in [0.1, 0.15) is 30.9 Å². The Balaban J connectivity index is 1.40. The molecule has 1 aromatic carbocycles. The molecule has 1 aliphatic carbocycles. The molecule has 1 aliphatic heterocycles. The number of ether oxygens (including phenoxy) is 1. The number of fused-ring (bicyclic) bond motifs is 6. The third-order valence-corrected chi connectivity index (χ3v) is 7.53. The van der Waals surface area contributed by atoms with Crippen molar-refractivity contribution in [3.63, 3.8) is 0 Å². The summed E-state index contributed by atoms with van der Waals surface area (Å²) in [5.41, 5.74) is 10.5. The number of anilines is 1. The van der Waals surface area contributed by atoms with Gasteiger partial charge in [0.05, 0.1) is 29.5 Å². The average molecular weight is 473 g/mol. The number of piperidine rings is 1. The molecule has 2 fully saturated rings. The molecule has 10 heteroatoms. The van der Waals surface area contributed by atoms with Crippen molar-refractivity contribution in [1.29, 1.82) is 0 Å². The van der Waals surface area contributed by atoms with E-state index in [1.807, 2.05) is 13.8 Å². The van der Waals surface area contributed by atoms with E-state index in [1.54, 1.807) is 35.2 Å². The van der Waals surface area contributed by atoms with Crippen LogP contribution in [0.4, 0.5) is 10.2 Å². The third kappa shape index (κ3) is 3.09. The van der Waals surface area contributed by atoms with Crippen molar-refractivity contribution in [3.8, 4) is 11.8 Å². The highest BCUT2D eigenvalue weighted by Gasteiger charge is 2.44. The van der Waals surface area contributed by atoms with Crippen molar-refractivity contribution in [3.05, 3.63) is 47.7 Å². The fraction of sp³-hybridized carbons (Fsp3) is 0.360. The number of nitrogens with zero attached hydrogens (tertiary/aromatic N) is 6. The van der Waals surface area contributed by atoms with Gasteiger partial charge in [0, 0.05) is 29.6 Å². The number of hydrogen-bond acceptors (Lipinski definition) is 7. The van der Waals surface area contributed by atoms with E-state index < -0.39 is 0 Å². The summed E-state index contributed by atoms with van der Waals surface area (Å²) in [6.45, 7) is 4.79. The van der Waals surface area contributed by atoms with Crippen molar-refractivity contribution < 1.29 is 9.13 Å². The smallest absolute Gasteiger partial charge is 0.326 e. The Hall–Kier alpha value is -3.79. The zero-order chi connectivity index (χ0) is 23.8. The van der Waals surface area contributed by atoms with E-state index in [-0.39, 0.29) is 17.9 Å². The van der Waals surface area contributed by atoms with Crippen LogP contribution in [0.2, 0.25) is 0 Å². The molecule has 3 atom stereocenters. The predicted molar refractivity (Wildman–Crippen MR) is 130 cm³/mol. The van der Waals surface area contributed by atoms with Crippen LogP contribution in [-0.4, -0.2) is 48.2 Å². The molecule has 1 saturated heterocycles. The van der Waals surface area contributed by atoms with Crippen molar-refractivity contribution in [2.75, 3.05) is 11.4 Å². The molecule has 0 unspecified atom stereocenters. The molecule has 2 aliphatic rings. The van der Waals surface area contributed by atoms with Crippen LogP contribution in [0.15, 0.2) is 30.7 Å². The molecule has 2 bridgehead atoms. The number of hydrogen-bond donors (Lipinski definition) is 2. The number of benzene rings is 1. The number of nitrogens with one attached hydrogen (secondary N) is 1. The normalized spacial score (nSPS) is 21.7. The standard InChI is InChI=1S/C25H25FN8O/c1-3-13-4-15(26)6-18-20-22(30-21(13)18)31-25(32-24(20)33-10-14-5-16(33)7-19(14)27)35-17-9-28-23-12(2)8-29-34(23)11-17/h4,6,8-9,11,14,16,19H,3,5,7,10,27H2,1-2H3,(H,30,31,32)/t14-,16-,19-/m1/s1. The van der Waals surface area contributed by atoms with E-state index in [0.717, 1.165) is 58.3 Å². The molecule has 4 aromatic heterocycles. The van der Waals surface area contributed by atoms with Gasteiger partial charge >= 0.3 is 6.01 Å². The first-order valence-electron chi connectivity index (χ1n) is 12.0. The maximum Gasteiger partial charge on any atom is 0.326 e. The van der Waals surface area contributed by atoms with Crippen LogP contribution in [0.5, 0.6) is 11.8 Å². The Morgan fingerprint density at radius 2 is 2.11 bits per heavy atom. The maximum absolute atomic E-state index is 14.6. The minimum Gasteiger partial charge on any atom is -0.421 e. The highest BCUT2D eigenvalue weighted by Crippen LogP contribution is 2.43. The lowest BCUT2D eigenvalue weighted by molar-refractivity contribution is 0.435. The summed E-state index contributed by atoms with van der Waals surface area (Å²) < 4.78 is 22.3. The summed E-state index contributed by atoms with van der Waals surface area (Å²) in [6, 6.07) is 3.86. The summed E-state index contributed by atoms with van der Waals surface area (Å²) in [5, 5.41) is 5.92. The molecule has 0 radical (unpaired) electrons. The maximum atomic E-state index is 14.6. The number of aryl methyl sites for hydroxylation is 2. The first kappa shape index (κ1) is 20.6. The molecule has 35 heavy (non-hydrogen) atoms. The summed E-state index contributed by atoms with van der Waals surface area (Å²) in [6.07, 6.45) is 7.82. The fourth-order valence-corrected chi connectivity index (χ4v) is 5.81. The van der Waals surface area contributed by atoms with Crippen LogP contribution < -0.4 is 15.4 Å². The highest BCUT2D eigenvalue weighted by molar-refractivity contribution is 6.12. The summed E-state index contributed by atoms with van der Waals surface area (Å²) in [7, 11) is 0. The molecular weight excluding hydrogens is 447 g/mol. The SMILES string of the molecule is CCc1cc(F)cc2c1[nH]c1nc(Oc3cnc4c(C)cnn4c3)nc(N3C[C@H]4C[C@@H]3C[C@H]4N)c12. The lowest BCUT2D eigenvalue weighted by atomic mass is 10.0. The van der Waals surface area contributed by atoms with Crippen LogP contribution in [-0.2, 0) is 6.42 Å². The van der Waals surface area contributed by atoms with E-state index >= 15 is 0 Å². The van der Waals surface area contributed by atoms with Crippen LogP contribution in [0.3, 0.4) is 0 Å². The Bertz CT molecular complexity index is 1620. The van der Waals surface area contributed by atoms with E-state index in [0.29, 0.717) is 29.8 Å². The summed E-state index contributed by atoms with van der Waals surface area (Å²) >= 11 is 0. The Morgan fingerprint density at radius 1 is 1.23 bits per heavy atom. The van der Waals surface area contributed by atoms with Gasteiger partial charge in [-0.25, -0.2) is 13.9 Å². The molecule has 0 amide bonds. The Kier molecular flexibility index (Phi) is 4.32. The minimum absolute atomic E-state index is 0.203. The van der Waals surface area contributed by atoms with E-state index in [1.165, 1.54) is 0 Å². The van der Waals surface area contributed by atoms with E-state index in [2.05, 4.69) is 25.0 Å². The van der Waals surface area contributed by atoms with Crippen LogP contribution >= 0.6 is 0 Å². The second-order valence-electron chi connectivity index (χ2n) is 9.71. The van der Waals surface area contributed by atoms with Gasteiger partial charge in [0.25, 0.3) is 0 Å². The van der Waals surface area contributed by atoms with Gasteiger partial charge in [0.15, 0.2) is 11.4 Å². The Morgan fingerprint density at radius 3 is 2.89 bits per heavy atom. The van der Waals surface area contributed by atoms with E-state index in [9.17, 15) is 4.39 Å². The second-order valence-corrected chi connectivity index (χ2v) is 9.71. The van der Waals surface area contributed by atoms with Crippen LogP contribution in [0, 0.1) is 18.7 Å². The quantitative estimate of drug-likeness (QED) is 0.408. The predicted octanol–water partition coefficient (Wildman–Crippen LogP) is 3.88. The largest absolute Gasteiger partial charge is 0.421 e. The number of aromatic amines is 1. The topological polar surface area (TPSA) is 110 Å². The number of H-pyrrole nitrogens is 1. The van der Waals surface area contributed by atoms with Gasteiger partial charge in [0.1, 0.15) is 17.3 Å². The summed E-state index contributed by atoms with van der Waals surface area (Å²) in [5.74, 6) is 1.40. The fourth-order valence-electron chi connectivity index (χ4n) is 5.81. The number of halogens is 1. The van der Waals surface area contributed by atoms with Crippen molar-refractivity contribution in [1.82, 2.24) is 29.5 Å². The highest BCUT2D eigenvalue weighted by atomic mass is 19.1. The molecular formula is C25H25FN8O. The van der Waals surface area contributed by atoms with Gasteiger partial charge in [-0.1, -0.05) is 6.92 Å². The van der Waals surface area contributed by atoms with Gasteiger partial charge in [0.2, 0.25) is 0 Å².